The van der Waals surface area contributed by atoms with Crippen LogP contribution in [0.4, 0.5) is 5.69 Å². The highest BCUT2D eigenvalue weighted by atomic mass is 16.6. The number of hydrogen-bond donors (Lipinski definition) is 2. The van der Waals surface area contributed by atoms with Crippen molar-refractivity contribution in [3.8, 4) is 0 Å². The number of rotatable bonds is 3. The summed E-state index contributed by atoms with van der Waals surface area (Å²) >= 11 is 0. The summed E-state index contributed by atoms with van der Waals surface area (Å²) < 4.78 is 10.5. The first-order valence-corrected chi connectivity index (χ1v) is 6.00. The quantitative estimate of drug-likeness (QED) is 0.489. The summed E-state index contributed by atoms with van der Waals surface area (Å²) in [5.41, 5.74) is 1.67. The summed E-state index contributed by atoms with van der Waals surface area (Å²) in [5.74, 6) is -0.266. The third-order valence-corrected chi connectivity index (χ3v) is 2.83. The highest BCUT2D eigenvalue weighted by Gasteiger charge is 2.23. The highest BCUT2D eigenvalue weighted by molar-refractivity contribution is 6.06. The number of carbonyl (C=O) groups excluding carboxylic acids is 1. The Morgan fingerprint density at radius 2 is 2.21 bits per heavy atom. The highest BCUT2D eigenvalue weighted by Crippen LogP contribution is 2.17. The van der Waals surface area contributed by atoms with Crippen molar-refractivity contribution in [2.75, 3.05) is 25.1 Å². The van der Waals surface area contributed by atoms with Gasteiger partial charge in [-0.2, -0.15) is 0 Å². The molecule has 1 amide bonds. The second-order valence-electron chi connectivity index (χ2n) is 4.15. The van der Waals surface area contributed by atoms with Crippen LogP contribution in [0.5, 0.6) is 0 Å². The average Bonchev–Trinajstić information content (AvgIpc) is 2.48. The van der Waals surface area contributed by atoms with E-state index >= 15 is 0 Å². The number of nitrogens with zero attached hydrogens (tertiary/aromatic N) is 1. The lowest BCUT2D eigenvalue weighted by atomic mass is 10.1. The molecule has 1 aliphatic rings. The predicted octanol–water partition coefficient (Wildman–Crippen LogP) is 1.24. The molecule has 6 nitrogen and oxygen atoms in total. The monoisotopic (exact) mass is 264 g/mol. The summed E-state index contributed by atoms with van der Waals surface area (Å²) in [6.45, 7) is 2.83. The molecule has 1 aliphatic heterocycles. The van der Waals surface area contributed by atoms with E-state index in [0.717, 1.165) is 0 Å². The molecule has 6 heteroatoms. The van der Waals surface area contributed by atoms with Gasteiger partial charge in [-0.05, 0) is 13.0 Å². The fourth-order valence-electron chi connectivity index (χ4n) is 1.81. The number of benzene rings is 1. The topological polar surface area (TPSA) is 80.2 Å². The molecule has 102 valence electrons. The van der Waals surface area contributed by atoms with Gasteiger partial charge in [0.1, 0.15) is 0 Å². The molecule has 0 bridgehead atoms. The molecule has 2 rings (SSSR count). The lowest BCUT2D eigenvalue weighted by Crippen LogP contribution is -2.39. The number of carbonyl (C=O) groups is 1. The van der Waals surface area contributed by atoms with Crippen LogP contribution in [0.1, 0.15) is 12.5 Å². The Bertz CT molecular complexity index is 481. The summed E-state index contributed by atoms with van der Waals surface area (Å²) in [5, 5.41) is 14.7. The van der Waals surface area contributed by atoms with Gasteiger partial charge in [0.2, 0.25) is 0 Å². The van der Waals surface area contributed by atoms with Crippen LogP contribution in [0.25, 0.3) is 0 Å². The zero-order valence-electron chi connectivity index (χ0n) is 10.6. The molecule has 19 heavy (non-hydrogen) atoms. The summed E-state index contributed by atoms with van der Waals surface area (Å²) in [7, 11) is 0. The third kappa shape index (κ3) is 3.30. The fourth-order valence-corrected chi connectivity index (χ4v) is 1.81. The maximum atomic E-state index is 12.0. The van der Waals surface area contributed by atoms with Crippen molar-refractivity contribution >= 4 is 17.3 Å². The summed E-state index contributed by atoms with van der Waals surface area (Å²) in [4.78, 5) is 12.0. The molecule has 0 aliphatic carbocycles. The maximum Gasteiger partial charge on any atom is 0.255 e. The lowest BCUT2D eigenvalue weighted by molar-refractivity contribution is -0.142. The Hall–Kier alpha value is -1.92. The number of anilines is 1. The number of nitrogens with one attached hydrogen (secondary N) is 1. The Morgan fingerprint density at radius 1 is 1.42 bits per heavy atom. The number of hydrogen-bond acceptors (Lipinski definition) is 5. The number of oxime groups is 1. The minimum absolute atomic E-state index is 0.251. The summed E-state index contributed by atoms with van der Waals surface area (Å²) in [6.07, 6.45) is -0.604. The third-order valence-electron chi connectivity index (χ3n) is 2.83. The Kier molecular flexibility index (Phi) is 4.48. The Labute approximate surface area is 111 Å². The van der Waals surface area contributed by atoms with Crippen molar-refractivity contribution in [1.82, 2.24) is 0 Å². The molecular weight excluding hydrogens is 248 g/mol. The molecule has 1 aromatic carbocycles. The number of amides is 1. The normalized spacial score (nSPS) is 20.1. The van der Waals surface area contributed by atoms with Crippen molar-refractivity contribution in [1.29, 1.82) is 0 Å². The van der Waals surface area contributed by atoms with E-state index in [1.807, 2.05) is 0 Å². The molecule has 1 unspecified atom stereocenters. The second-order valence-corrected chi connectivity index (χ2v) is 4.15. The first-order valence-electron chi connectivity index (χ1n) is 6.00. The minimum atomic E-state index is -0.604. The van der Waals surface area contributed by atoms with Crippen LogP contribution in [-0.4, -0.2) is 42.8 Å². The van der Waals surface area contributed by atoms with Crippen LogP contribution in [-0.2, 0) is 14.3 Å². The van der Waals surface area contributed by atoms with Crippen LogP contribution in [0.15, 0.2) is 29.4 Å². The van der Waals surface area contributed by atoms with Crippen LogP contribution < -0.4 is 5.32 Å². The van der Waals surface area contributed by atoms with Crippen LogP contribution in [0, 0.1) is 0 Å². The summed E-state index contributed by atoms with van der Waals surface area (Å²) in [6, 6.07) is 7.11. The minimum Gasteiger partial charge on any atom is -0.411 e. The largest absolute Gasteiger partial charge is 0.411 e. The van der Waals surface area contributed by atoms with Gasteiger partial charge in [-0.25, -0.2) is 0 Å². The second kappa shape index (κ2) is 6.31. The van der Waals surface area contributed by atoms with Crippen molar-refractivity contribution in [2.24, 2.45) is 5.16 Å². The zero-order chi connectivity index (χ0) is 13.7. The van der Waals surface area contributed by atoms with Gasteiger partial charge < -0.3 is 20.0 Å². The molecular formula is C13H16N2O4. The van der Waals surface area contributed by atoms with Crippen LogP contribution in [0.2, 0.25) is 0 Å². The van der Waals surface area contributed by atoms with Gasteiger partial charge in [-0.3, -0.25) is 4.79 Å². The van der Waals surface area contributed by atoms with Crippen LogP contribution in [0.3, 0.4) is 0 Å². The van der Waals surface area contributed by atoms with Gasteiger partial charge in [0.25, 0.3) is 5.91 Å². The Morgan fingerprint density at radius 3 is 2.89 bits per heavy atom. The molecule has 1 atom stereocenters. The lowest BCUT2D eigenvalue weighted by Gasteiger charge is -2.22. The molecule has 0 radical (unpaired) electrons. The molecule has 1 aromatic rings. The van der Waals surface area contributed by atoms with Gasteiger partial charge >= 0.3 is 0 Å². The predicted molar refractivity (Wildman–Crippen MR) is 69.6 cm³/mol. The van der Waals surface area contributed by atoms with Gasteiger partial charge in [-0.15, -0.1) is 0 Å². The van der Waals surface area contributed by atoms with E-state index in [4.69, 9.17) is 14.7 Å². The van der Waals surface area contributed by atoms with Crippen LogP contribution >= 0.6 is 0 Å². The molecule has 0 spiro atoms. The Balaban J connectivity index is 2.12. The van der Waals surface area contributed by atoms with E-state index in [9.17, 15) is 4.79 Å². The van der Waals surface area contributed by atoms with Gasteiger partial charge in [-0.1, -0.05) is 23.4 Å². The van der Waals surface area contributed by atoms with E-state index in [0.29, 0.717) is 30.2 Å². The van der Waals surface area contributed by atoms with Crippen molar-refractivity contribution in [2.45, 2.75) is 13.0 Å². The van der Waals surface area contributed by atoms with Gasteiger partial charge in [0.05, 0.1) is 25.5 Å². The zero-order valence-corrected chi connectivity index (χ0v) is 10.6. The SMILES string of the molecule is CC(=NO)c1ccccc1NC(=O)C1COCCO1. The first kappa shape index (κ1) is 13.5. The van der Waals surface area contributed by atoms with Crippen molar-refractivity contribution in [3.05, 3.63) is 29.8 Å². The fraction of sp³-hybridized carbons (Fsp3) is 0.385. The van der Waals surface area contributed by atoms with E-state index in [1.54, 1.807) is 31.2 Å². The molecule has 1 heterocycles. The van der Waals surface area contributed by atoms with E-state index in [1.165, 1.54) is 0 Å². The molecule has 1 fully saturated rings. The molecule has 2 N–H and O–H groups in total. The average molecular weight is 264 g/mol. The molecule has 0 saturated carbocycles. The van der Waals surface area contributed by atoms with E-state index < -0.39 is 6.10 Å². The van der Waals surface area contributed by atoms with E-state index in [-0.39, 0.29) is 12.5 Å². The van der Waals surface area contributed by atoms with Gasteiger partial charge in [0, 0.05) is 11.3 Å². The molecule has 1 saturated heterocycles. The standard InChI is InChI=1S/C13H16N2O4/c1-9(15-17)10-4-2-3-5-11(10)14-13(16)12-8-18-6-7-19-12/h2-5,12,17H,6-8H2,1H3,(H,14,16). The van der Waals surface area contributed by atoms with Gasteiger partial charge in [0.15, 0.2) is 6.10 Å². The van der Waals surface area contributed by atoms with Crippen molar-refractivity contribution < 1.29 is 19.5 Å². The van der Waals surface area contributed by atoms with E-state index in [2.05, 4.69) is 10.5 Å². The maximum absolute atomic E-state index is 12.0. The molecule has 0 aromatic heterocycles. The number of ether oxygens (including phenoxy) is 2. The smallest absolute Gasteiger partial charge is 0.255 e. The first-order chi connectivity index (χ1) is 9.22. The number of para-hydroxylation sites is 1. The van der Waals surface area contributed by atoms with Crippen molar-refractivity contribution in [3.63, 3.8) is 0 Å².